The highest BCUT2D eigenvalue weighted by atomic mass is 15.5. The number of hydrogen-bond donors (Lipinski definition) is 3. The molecule has 6 heterocycles. The fraction of sp³-hybridized carbons (Fsp3) is 0.809. The average molecular weight is 856 g/mol. The molecule has 0 unspecified atom stereocenters. The average Bonchev–Trinajstić information content (AvgIpc) is 3.16. The fourth-order valence-corrected chi connectivity index (χ4v) is 11.9. The fourth-order valence-electron chi connectivity index (χ4n) is 11.9. The van der Waals surface area contributed by atoms with Crippen LogP contribution in [0.2, 0.25) is 0 Å². The monoisotopic (exact) mass is 856 g/mol. The molecule has 3 aliphatic heterocycles. The molecule has 0 radical (unpaired) electrons. The first-order valence-corrected chi connectivity index (χ1v) is 24.0. The van der Waals surface area contributed by atoms with Crippen LogP contribution < -0.4 is 30.7 Å². The van der Waals surface area contributed by atoms with Crippen LogP contribution in [0, 0.1) is 0 Å². The van der Waals surface area contributed by atoms with Crippen molar-refractivity contribution in [1.29, 1.82) is 0 Å². The molecular formula is C47H81N15. The number of nitrogens with one attached hydrogen (secondary N) is 3. The van der Waals surface area contributed by atoms with Gasteiger partial charge in [0.15, 0.2) is 23.2 Å². The van der Waals surface area contributed by atoms with Crippen molar-refractivity contribution in [2.45, 2.75) is 245 Å². The van der Waals surface area contributed by atoms with Gasteiger partial charge in [-0.1, -0.05) is 51.9 Å². The standard InChI is InChI=1S/C47H81N15/c1-14-15-16-17-18-19-20-21-31-47(51-38-35(32-48-57-54-38)60-41(2,3)25-22-26-42(60,4)5,52-39-36(33-49-58-55-39)61-43(6,7)27-23-28-44(61,8)9)53-40-37(34-50-59-56-40)62-45(10,11)29-24-30-46(62,12)13/h32-34H,14-31H2,1-13H3,(H,48,51,54)(H,49,52,55)(H,50,53,56). The normalized spacial score (nSPS) is 21.3. The highest BCUT2D eigenvalue weighted by Gasteiger charge is 2.48. The molecule has 62 heavy (non-hydrogen) atoms. The molecule has 0 saturated carbocycles. The smallest absolute Gasteiger partial charge is 0.188 e. The number of piperidine rings is 3. The Hall–Kier alpha value is -4.17. The summed E-state index contributed by atoms with van der Waals surface area (Å²) in [5.41, 5.74) is 1.75. The third kappa shape index (κ3) is 10.4. The van der Waals surface area contributed by atoms with E-state index in [1.165, 1.54) is 32.1 Å². The van der Waals surface area contributed by atoms with Crippen LogP contribution in [-0.2, 0) is 0 Å². The first-order chi connectivity index (χ1) is 29.1. The van der Waals surface area contributed by atoms with E-state index in [-0.39, 0.29) is 33.2 Å². The van der Waals surface area contributed by atoms with Gasteiger partial charge >= 0.3 is 0 Å². The van der Waals surface area contributed by atoms with Gasteiger partial charge in [-0.15, -0.1) is 30.6 Å². The third-order valence-corrected chi connectivity index (χ3v) is 14.3. The number of anilines is 6. The molecule has 15 heteroatoms. The molecule has 6 rings (SSSR count). The highest BCUT2D eigenvalue weighted by Crippen LogP contribution is 2.48. The minimum atomic E-state index is -1.14. The summed E-state index contributed by atoms with van der Waals surface area (Å²) in [6, 6.07) is 0. The molecule has 3 aromatic rings. The molecule has 0 spiro atoms. The van der Waals surface area contributed by atoms with E-state index in [4.69, 9.17) is 15.3 Å². The Kier molecular flexibility index (Phi) is 14.1. The summed E-state index contributed by atoms with van der Waals surface area (Å²) in [6.07, 6.45) is 25.4. The first kappa shape index (κ1) is 47.3. The number of unbranched alkanes of at least 4 members (excludes halogenated alkanes) is 7. The van der Waals surface area contributed by atoms with Crippen molar-refractivity contribution in [2.75, 3.05) is 30.7 Å². The van der Waals surface area contributed by atoms with Crippen LogP contribution in [0.5, 0.6) is 0 Å². The van der Waals surface area contributed by atoms with Gasteiger partial charge in [-0.05, 0) is 163 Å². The van der Waals surface area contributed by atoms with E-state index >= 15 is 0 Å². The van der Waals surface area contributed by atoms with Gasteiger partial charge < -0.3 is 30.7 Å². The van der Waals surface area contributed by atoms with E-state index in [9.17, 15) is 0 Å². The summed E-state index contributed by atoms with van der Waals surface area (Å²) in [4.78, 5) is 7.50. The Morgan fingerprint density at radius 2 is 0.710 bits per heavy atom. The molecule has 0 atom stereocenters. The molecule has 344 valence electrons. The van der Waals surface area contributed by atoms with E-state index in [1.54, 1.807) is 0 Å². The Labute approximate surface area is 373 Å². The first-order valence-electron chi connectivity index (χ1n) is 24.0. The van der Waals surface area contributed by atoms with Crippen LogP contribution in [0.1, 0.15) is 206 Å². The SMILES string of the molecule is CCCCCCCCCCC(Nc1nnncc1N1C(C)(C)CCCC1(C)C)(Nc1nnncc1N1C(C)(C)CCCC1(C)C)Nc1nnncc1N1C(C)(C)CCCC1(C)C. The zero-order valence-electron chi connectivity index (χ0n) is 40.8. The molecule has 3 aromatic heterocycles. The summed E-state index contributed by atoms with van der Waals surface area (Å²) < 4.78 is 0. The number of nitrogens with zero attached hydrogens (tertiary/aromatic N) is 12. The molecule has 0 aliphatic carbocycles. The van der Waals surface area contributed by atoms with Gasteiger partial charge in [0, 0.05) is 39.7 Å². The Morgan fingerprint density at radius 1 is 0.435 bits per heavy atom. The number of hydrogen-bond acceptors (Lipinski definition) is 15. The van der Waals surface area contributed by atoms with Gasteiger partial charge in [0.1, 0.15) is 17.1 Å². The third-order valence-electron chi connectivity index (χ3n) is 14.3. The number of aromatic nitrogens is 9. The Balaban J connectivity index is 1.53. The van der Waals surface area contributed by atoms with Crippen molar-refractivity contribution in [3.05, 3.63) is 18.6 Å². The van der Waals surface area contributed by atoms with Gasteiger partial charge in [-0.25, -0.2) is 0 Å². The van der Waals surface area contributed by atoms with Crippen molar-refractivity contribution < 1.29 is 0 Å². The summed E-state index contributed by atoms with van der Waals surface area (Å²) in [5, 5.41) is 52.7. The molecule has 3 N–H and O–H groups in total. The van der Waals surface area contributed by atoms with Gasteiger partial charge in [-0.3, -0.25) is 0 Å². The number of rotatable bonds is 18. The van der Waals surface area contributed by atoms with Gasteiger partial charge in [-0.2, -0.15) is 0 Å². The van der Waals surface area contributed by atoms with Crippen LogP contribution in [0.15, 0.2) is 18.6 Å². The lowest BCUT2D eigenvalue weighted by molar-refractivity contribution is 0.243. The Morgan fingerprint density at radius 3 is 1.00 bits per heavy atom. The molecule has 3 fully saturated rings. The summed E-state index contributed by atoms with van der Waals surface area (Å²) in [5.74, 6) is 0.715. The molecule has 0 bridgehead atoms. The molecule has 0 amide bonds. The van der Waals surface area contributed by atoms with Crippen molar-refractivity contribution in [3.63, 3.8) is 0 Å². The van der Waals surface area contributed by atoms with Crippen molar-refractivity contribution >= 4 is 34.5 Å². The van der Waals surface area contributed by atoms with Gasteiger partial charge in [0.25, 0.3) is 0 Å². The van der Waals surface area contributed by atoms with E-state index in [1.807, 2.05) is 18.6 Å². The summed E-state index contributed by atoms with van der Waals surface area (Å²) >= 11 is 0. The second-order valence-electron chi connectivity index (χ2n) is 22.5. The lowest BCUT2D eigenvalue weighted by atomic mass is 9.79. The highest BCUT2D eigenvalue weighted by molar-refractivity contribution is 5.75. The second-order valence-corrected chi connectivity index (χ2v) is 22.5. The quantitative estimate of drug-likeness (QED) is 0.0818. The minimum absolute atomic E-state index is 0.158. The van der Waals surface area contributed by atoms with E-state index in [2.05, 4.69) is 152 Å². The van der Waals surface area contributed by atoms with Crippen LogP contribution in [0.3, 0.4) is 0 Å². The van der Waals surface area contributed by atoms with Crippen molar-refractivity contribution in [3.8, 4) is 0 Å². The van der Waals surface area contributed by atoms with Gasteiger partial charge in [0.05, 0.1) is 18.6 Å². The summed E-state index contributed by atoms with van der Waals surface area (Å²) in [6.45, 7) is 30.2. The maximum atomic E-state index is 4.84. The molecule has 3 aliphatic rings. The van der Waals surface area contributed by atoms with Crippen LogP contribution in [0.25, 0.3) is 0 Å². The molecule has 3 saturated heterocycles. The van der Waals surface area contributed by atoms with E-state index in [0.29, 0.717) is 23.9 Å². The zero-order valence-corrected chi connectivity index (χ0v) is 40.8. The molecule has 0 aromatic carbocycles. The van der Waals surface area contributed by atoms with Crippen molar-refractivity contribution in [1.82, 2.24) is 46.2 Å². The van der Waals surface area contributed by atoms with Crippen molar-refractivity contribution in [2.24, 2.45) is 0 Å². The topological polar surface area (TPSA) is 162 Å². The largest absolute Gasteiger partial charge is 0.357 e. The molecule has 15 nitrogen and oxygen atoms in total. The summed E-state index contributed by atoms with van der Waals surface area (Å²) in [7, 11) is 0. The maximum Gasteiger partial charge on any atom is 0.188 e. The van der Waals surface area contributed by atoms with Gasteiger partial charge in [0.2, 0.25) is 0 Å². The van der Waals surface area contributed by atoms with Crippen LogP contribution >= 0.6 is 0 Å². The Bertz CT molecular complexity index is 1670. The lowest BCUT2D eigenvalue weighted by Crippen LogP contribution is -2.61. The predicted molar refractivity (Wildman–Crippen MR) is 254 cm³/mol. The van der Waals surface area contributed by atoms with Crippen LogP contribution in [0.4, 0.5) is 34.5 Å². The second kappa shape index (κ2) is 18.5. The van der Waals surface area contributed by atoms with E-state index < -0.39 is 5.79 Å². The lowest BCUT2D eigenvalue weighted by Gasteiger charge is -2.55. The predicted octanol–water partition coefficient (Wildman–Crippen LogP) is 10.7. The van der Waals surface area contributed by atoms with E-state index in [0.717, 1.165) is 94.1 Å². The maximum absolute atomic E-state index is 4.84. The zero-order chi connectivity index (χ0) is 45.0. The van der Waals surface area contributed by atoms with Crippen LogP contribution in [-0.4, -0.2) is 85.3 Å². The minimum Gasteiger partial charge on any atom is -0.357 e. The molecular weight excluding hydrogens is 775 g/mol.